The minimum atomic E-state index is -1.86. The highest BCUT2D eigenvalue weighted by Gasteiger charge is 2.47. The lowest BCUT2D eigenvalue weighted by Gasteiger charge is -2.38. The van der Waals surface area contributed by atoms with E-state index in [1.807, 2.05) is 0 Å². The third kappa shape index (κ3) is 37.0. The fourth-order valence-corrected chi connectivity index (χ4v) is 8.38. The van der Waals surface area contributed by atoms with Crippen molar-refractivity contribution in [2.24, 2.45) is 0 Å². The van der Waals surface area contributed by atoms with Crippen molar-refractivity contribution >= 4 is 17.9 Å². The second kappa shape index (κ2) is 45.8. The molecule has 4 N–H and O–H groups in total. The Hall–Kier alpha value is -2.57. The minimum absolute atomic E-state index is 0.179. The van der Waals surface area contributed by atoms with E-state index in [0.29, 0.717) is 12.8 Å². The molecule has 0 spiro atoms. The molecule has 1 fully saturated rings. The summed E-state index contributed by atoms with van der Waals surface area (Å²) in [5, 5.41) is 40.0. The minimum Gasteiger partial charge on any atom is -0.479 e. The van der Waals surface area contributed by atoms with Crippen LogP contribution < -0.4 is 0 Å². The fourth-order valence-electron chi connectivity index (χ4n) is 8.38. The number of carbonyl (C=O) groups excluding carboxylic acids is 2. The van der Waals surface area contributed by atoms with Crippen LogP contribution in [0.5, 0.6) is 0 Å². The predicted molar refractivity (Wildman–Crippen MR) is 271 cm³/mol. The largest absolute Gasteiger partial charge is 0.479 e. The van der Waals surface area contributed by atoms with E-state index in [1.165, 1.54) is 161 Å². The predicted octanol–water partition coefficient (Wildman–Crippen LogP) is 13.5. The van der Waals surface area contributed by atoms with Crippen molar-refractivity contribution in [1.82, 2.24) is 0 Å². The first kappa shape index (κ1) is 62.4. The van der Waals surface area contributed by atoms with Crippen LogP contribution in [-0.2, 0) is 33.3 Å². The molecule has 0 aromatic rings. The van der Waals surface area contributed by atoms with Crippen LogP contribution in [0.2, 0.25) is 0 Å². The number of carboxylic acids is 1. The summed E-state index contributed by atoms with van der Waals surface area (Å²) < 4.78 is 21.9. The Morgan fingerprint density at radius 2 is 0.836 bits per heavy atom. The number of unbranched alkanes of at least 4 members (excludes halogenated alkanes) is 30. The van der Waals surface area contributed by atoms with Crippen molar-refractivity contribution in [2.75, 3.05) is 13.2 Å². The summed E-state index contributed by atoms with van der Waals surface area (Å²) in [5.41, 5.74) is 0. The maximum atomic E-state index is 12.8. The van der Waals surface area contributed by atoms with E-state index in [9.17, 15) is 34.8 Å². The van der Waals surface area contributed by atoms with Gasteiger partial charge in [-0.3, -0.25) is 9.59 Å². The Labute approximate surface area is 408 Å². The Kier molecular flexibility index (Phi) is 42.7. The molecular formula is C56H100O11. The maximum absolute atomic E-state index is 12.8. The monoisotopic (exact) mass is 949 g/mol. The van der Waals surface area contributed by atoms with Gasteiger partial charge in [-0.05, 0) is 70.6 Å². The summed E-state index contributed by atoms with van der Waals surface area (Å²) in [7, 11) is 0. The summed E-state index contributed by atoms with van der Waals surface area (Å²) in [6, 6.07) is 0. The molecule has 0 amide bonds. The van der Waals surface area contributed by atoms with Gasteiger partial charge in [-0.25, -0.2) is 4.79 Å². The molecule has 11 nitrogen and oxygen atoms in total. The summed E-state index contributed by atoms with van der Waals surface area (Å²) >= 11 is 0. The highest BCUT2D eigenvalue weighted by Crippen LogP contribution is 2.23. The molecule has 1 heterocycles. The lowest BCUT2D eigenvalue weighted by atomic mass is 9.99. The number of aliphatic carboxylic acids is 1. The van der Waals surface area contributed by atoms with E-state index in [2.05, 4.69) is 50.3 Å². The first-order valence-corrected chi connectivity index (χ1v) is 27.5. The van der Waals surface area contributed by atoms with E-state index in [0.717, 1.165) is 51.4 Å². The van der Waals surface area contributed by atoms with Crippen molar-refractivity contribution in [1.29, 1.82) is 0 Å². The topological polar surface area (TPSA) is 169 Å². The van der Waals surface area contributed by atoms with Gasteiger partial charge in [0, 0.05) is 12.8 Å². The van der Waals surface area contributed by atoms with Crippen molar-refractivity contribution in [2.45, 2.75) is 288 Å². The van der Waals surface area contributed by atoms with Gasteiger partial charge in [-0.1, -0.05) is 204 Å². The molecule has 1 saturated heterocycles. The molecule has 1 aliphatic rings. The molecule has 1 rings (SSSR count). The van der Waals surface area contributed by atoms with Crippen LogP contribution in [0.15, 0.2) is 36.5 Å². The van der Waals surface area contributed by atoms with Gasteiger partial charge in [0.05, 0.1) is 6.61 Å². The van der Waals surface area contributed by atoms with E-state index in [4.69, 9.17) is 18.9 Å². The molecular weight excluding hydrogens is 849 g/mol. The van der Waals surface area contributed by atoms with Crippen LogP contribution in [0.3, 0.4) is 0 Å². The molecule has 0 radical (unpaired) electrons. The lowest BCUT2D eigenvalue weighted by Crippen LogP contribution is -2.60. The fraction of sp³-hybridized carbons (Fsp3) is 0.839. The first-order chi connectivity index (χ1) is 32.7. The molecule has 6 atom stereocenters. The number of esters is 2. The Bertz CT molecular complexity index is 1250. The van der Waals surface area contributed by atoms with Gasteiger partial charge in [0.1, 0.15) is 24.9 Å². The molecule has 6 unspecified atom stereocenters. The summed E-state index contributed by atoms with van der Waals surface area (Å²) in [4.78, 5) is 37.1. The number of aliphatic hydroxyl groups excluding tert-OH is 3. The van der Waals surface area contributed by atoms with Crippen molar-refractivity contribution < 1.29 is 53.8 Å². The average molecular weight is 949 g/mol. The molecule has 0 saturated carbocycles. The van der Waals surface area contributed by atoms with Crippen molar-refractivity contribution in [3.63, 3.8) is 0 Å². The average Bonchev–Trinajstić information content (AvgIpc) is 3.31. The summed E-state index contributed by atoms with van der Waals surface area (Å²) in [6.45, 7) is 3.83. The molecule has 67 heavy (non-hydrogen) atoms. The highest BCUT2D eigenvalue weighted by molar-refractivity contribution is 5.73. The molecule has 390 valence electrons. The van der Waals surface area contributed by atoms with Gasteiger partial charge in [0.15, 0.2) is 18.5 Å². The zero-order valence-corrected chi connectivity index (χ0v) is 42.7. The van der Waals surface area contributed by atoms with Crippen LogP contribution in [-0.4, -0.2) is 88.4 Å². The zero-order valence-electron chi connectivity index (χ0n) is 42.7. The second-order valence-corrected chi connectivity index (χ2v) is 19.1. The van der Waals surface area contributed by atoms with Gasteiger partial charge in [-0.15, -0.1) is 0 Å². The van der Waals surface area contributed by atoms with Gasteiger partial charge in [0.2, 0.25) is 0 Å². The third-order valence-corrected chi connectivity index (χ3v) is 12.7. The van der Waals surface area contributed by atoms with Crippen molar-refractivity contribution in [3.05, 3.63) is 36.5 Å². The molecule has 11 heteroatoms. The number of hydrogen-bond acceptors (Lipinski definition) is 10. The number of carboxylic acid groups (broad SMARTS) is 1. The Morgan fingerprint density at radius 3 is 1.25 bits per heavy atom. The van der Waals surface area contributed by atoms with Crippen LogP contribution in [0.1, 0.15) is 251 Å². The molecule has 1 aliphatic heterocycles. The van der Waals surface area contributed by atoms with E-state index in [1.54, 1.807) is 0 Å². The van der Waals surface area contributed by atoms with E-state index < -0.39 is 54.7 Å². The molecule has 0 aromatic carbocycles. The second-order valence-electron chi connectivity index (χ2n) is 19.1. The number of allylic oxidation sites excluding steroid dienone is 6. The molecule has 0 aliphatic carbocycles. The number of rotatable bonds is 47. The maximum Gasteiger partial charge on any atom is 0.335 e. The molecule has 0 aromatic heterocycles. The van der Waals surface area contributed by atoms with Crippen LogP contribution in [0.25, 0.3) is 0 Å². The van der Waals surface area contributed by atoms with Crippen molar-refractivity contribution in [3.8, 4) is 0 Å². The van der Waals surface area contributed by atoms with Gasteiger partial charge in [0.25, 0.3) is 0 Å². The van der Waals surface area contributed by atoms with Crippen LogP contribution in [0.4, 0.5) is 0 Å². The zero-order chi connectivity index (χ0) is 48.8. The van der Waals surface area contributed by atoms with Gasteiger partial charge in [-0.2, -0.15) is 0 Å². The lowest BCUT2D eigenvalue weighted by molar-refractivity contribution is -0.298. The van der Waals surface area contributed by atoms with E-state index in [-0.39, 0.29) is 26.1 Å². The number of carbonyl (C=O) groups is 3. The number of aliphatic hydroxyl groups is 3. The SMILES string of the molecule is CCCCCCC/C=C\C/C=C\CCCCCCCCCCCCCC(=O)OCC(COC1OC(C(=O)O)C(O)C(O)C1O)OC(=O)CCCCCCCCC/C=C\CCCCCCCCC. The number of hydrogen-bond donors (Lipinski definition) is 4. The summed E-state index contributed by atoms with van der Waals surface area (Å²) in [5.74, 6) is -2.44. The molecule has 0 bridgehead atoms. The summed E-state index contributed by atoms with van der Waals surface area (Å²) in [6.07, 6.45) is 46.2. The standard InChI is InChI=1S/C56H100O11/c1-3-5-7-9-11-13-15-17-19-21-23-24-25-26-27-29-30-32-34-36-38-40-42-44-49(57)64-46-48(47-65-56-53(61)51(59)52(60)54(67-56)55(62)63)66-50(58)45-43-41-39-37-35-33-31-28-22-20-18-16-14-12-10-8-6-4-2/h15,17,20-23,48,51-54,56,59-61H,3-14,16,18-19,24-47H2,1-2H3,(H,62,63)/b17-15-,22-20-,23-21-. The Balaban J connectivity index is 2.26. The normalized spacial score (nSPS) is 19.2. The highest BCUT2D eigenvalue weighted by atomic mass is 16.7. The first-order valence-electron chi connectivity index (χ1n) is 27.5. The van der Waals surface area contributed by atoms with Crippen LogP contribution >= 0.6 is 0 Å². The van der Waals surface area contributed by atoms with Gasteiger partial charge < -0.3 is 39.4 Å². The smallest absolute Gasteiger partial charge is 0.335 e. The van der Waals surface area contributed by atoms with Gasteiger partial charge >= 0.3 is 17.9 Å². The Morgan fingerprint density at radius 1 is 0.463 bits per heavy atom. The van der Waals surface area contributed by atoms with E-state index >= 15 is 0 Å². The number of ether oxygens (including phenoxy) is 4. The third-order valence-electron chi connectivity index (χ3n) is 12.7. The quantitative estimate of drug-likeness (QED) is 0.0260. The van der Waals surface area contributed by atoms with Crippen LogP contribution in [0, 0.1) is 0 Å².